The van der Waals surface area contributed by atoms with E-state index in [9.17, 15) is 8.42 Å². The first kappa shape index (κ1) is 15.8. The van der Waals surface area contributed by atoms with Gasteiger partial charge in [-0.3, -0.25) is 4.31 Å². The van der Waals surface area contributed by atoms with Crippen LogP contribution in [0.25, 0.3) is 6.08 Å². The van der Waals surface area contributed by atoms with Gasteiger partial charge in [0.15, 0.2) is 0 Å². The molecule has 0 saturated carbocycles. The molecule has 2 aromatic rings. The number of hydrogen-bond donors (Lipinski definition) is 0. The van der Waals surface area contributed by atoms with Crippen LogP contribution in [0.15, 0.2) is 50.9 Å². The van der Waals surface area contributed by atoms with E-state index >= 15 is 0 Å². The van der Waals surface area contributed by atoms with Crippen LogP contribution in [0.1, 0.15) is 11.1 Å². The highest BCUT2D eigenvalue weighted by molar-refractivity contribution is 14.1. The molecule has 0 saturated heterocycles. The lowest BCUT2D eigenvalue weighted by molar-refractivity contribution is 0.592. The molecule has 0 bridgehead atoms. The zero-order valence-corrected chi connectivity index (χ0v) is 15.5. The molecule has 1 aliphatic rings. The third-order valence-electron chi connectivity index (χ3n) is 3.47. The van der Waals surface area contributed by atoms with Crippen molar-refractivity contribution in [2.75, 3.05) is 10.8 Å². The van der Waals surface area contributed by atoms with E-state index in [0.29, 0.717) is 22.2 Å². The Labute approximate surface area is 148 Å². The summed E-state index contributed by atoms with van der Waals surface area (Å²) >= 11 is 8.18. The van der Waals surface area contributed by atoms with E-state index in [1.807, 2.05) is 13.0 Å². The second-order valence-corrected chi connectivity index (χ2v) is 8.80. The van der Waals surface area contributed by atoms with Crippen LogP contribution in [0.5, 0.6) is 0 Å². The van der Waals surface area contributed by atoms with Gasteiger partial charge >= 0.3 is 0 Å². The second-order valence-electron chi connectivity index (χ2n) is 5.12. The van der Waals surface area contributed by atoms with E-state index in [4.69, 9.17) is 11.6 Å². The van der Waals surface area contributed by atoms with E-state index in [2.05, 4.69) is 22.6 Å². The largest absolute Gasteiger partial charge is 0.264 e. The highest BCUT2D eigenvalue weighted by Gasteiger charge is 2.29. The fourth-order valence-corrected chi connectivity index (χ4v) is 4.91. The maximum atomic E-state index is 13.0. The Balaban J connectivity index is 2.12. The van der Waals surface area contributed by atoms with Crippen LogP contribution in [-0.2, 0) is 10.0 Å². The van der Waals surface area contributed by atoms with Crippen molar-refractivity contribution in [2.45, 2.75) is 11.8 Å². The van der Waals surface area contributed by atoms with Crippen molar-refractivity contribution in [2.24, 2.45) is 0 Å². The molecule has 0 spiro atoms. The summed E-state index contributed by atoms with van der Waals surface area (Å²) in [4.78, 5) is 0.296. The molecule has 2 aromatic carbocycles. The molecule has 0 unspecified atom stereocenters. The second kappa shape index (κ2) is 5.86. The van der Waals surface area contributed by atoms with Gasteiger partial charge in [0, 0.05) is 14.2 Å². The number of sulfonamides is 1. The van der Waals surface area contributed by atoms with Gasteiger partial charge in [-0.05, 0) is 65.9 Å². The lowest BCUT2D eigenvalue weighted by atomic mass is 10.1. The minimum atomic E-state index is -3.59. The van der Waals surface area contributed by atoms with Gasteiger partial charge in [0.05, 0.1) is 17.1 Å². The van der Waals surface area contributed by atoms with Crippen molar-refractivity contribution in [1.29, 1.82) is 0 Å². The molecule has 1 aliphatic heterocycles. The third kappa shape index (κ3) is 2.89. The van der Waals surface area contributed by atoms with E-state index in [-0.39, 0.29) is 0 Å². The summed E-state index contributed by atoms with van der Waals surface area (Å²) < 4.78 is 28.3. The van der Waals surface area contributed by atoms with Crippen LogP contribution in [0.2, 0.25) is 5.02 Å². The molecule has 0 aromatic heterocycles. The molecule has 0 radical (unpaired) electrons. The standard InChI is InChI=1S/C16H13ClINO2S/c1-11-2-5-15(6-3-11)22(20,21)19-10-14(18)9-12-8-13(17)4-7-16(12)19/h2-9H,10H2,1H3. The smallest absolute Gasteiger partial charge is 0.261 e. The Hall–Kier alpha value is -1.05. The molecule has 3 nitrogen and oxygen atoms in total. The summed E-state index contributed by atoms with van der Waals surface area (Å²) in [6.07, 6.45) is 1.96. The Kier molecular flexibility index (Phi) is 4.22. The lowest BCUT2D eigenvalue weighted by Crippen LogP contribution is -2.34. The van der Waals surface area contributed by atoms with Gasteiger partial charge < -0.3 is 0 Å². The van der Waals surface area contributed by atoms with Gasteiger partial charge in [0.25, 0.3) is 10.0 Å². The van der Waals surface area contributed by atoms with Crippen LogP contribution in [0.3, 0.4) is 0 Å². The number of rotatable bonds is 2. The van der Waals surface area contributed by atoms with E-state index in [0.717, 1.165) is 14.7 Å². The van der Waals surface area contributed by atoms with Crippen LogP contribution in [0.4, 0.5) is 5.69 Å². The number of halogens is 2. The average Bonchev–Trinajstić information content (AvgIpc) is 2.46. The van der Waals surface area contributed by atoms with Crippen molar-refractivity contribution in [1.82, 2.24) is 0 Å². The maximum Gasteiger partial charge on any atom is 0.264 e. The summed E-state index contributed by atoms with van der Waals surface area (Å²) in [6.45, 7) is 2.27. The van der Waals surface area contributed by atoms with Crippen molar-refractivity contribution in [3.05, 3.63) is 62.2 Å². The number of fused-ring (bicyclic) bond motifs is 1. The zero-order valence-electron chi connectivity index (χ0n) is 11.8. The van der Waals surface area contributed by atoms with Gasteiger partial charge in [0.1, 0.15) is 0 Å². The summed E-state index contributed by atoms with van der Waals surface area (Å²) in [6, 6.07) is 12.1. The summed E-state index contributed by atoms with van der Waals surface area (Å²) in [5.74, 6) is 0. The molecule has 0 atom stereocenters. The minimum Gasteiger partial charge on any atom is -0.261 e. The van der Waals surface area contributed by atoms with E-state index < -0.39 is 10.0 Å². The zero-order chi connectivity index (χ0) is 15.9. The molecule has 0 amide bonds. The topological polar surface area (TPSA) is 37.4 Å². The summed E-state index contributed by atoms with van der Waals surface area (Å²) in [5.41, 5.74) is 2.50. The van der Waals surface area contributed by atoms with Gasteiger partial charge in [-0.1, -0.05) is 29.3 Å². The van der Waals surface area contributed by atoms with Gasteiger partial charge in [-0.15, -0.1) is 0 Å². The normalized spacial score (nSPS) is 14.5. The molecule has 0 fully saturated rings. The Morgan fingerprint density at radius 3 is 2.50 bits per heavy atom. The fourth-order valence-electron chi connectivity index (χ4n) is 2.36. The fraction of sp³-hybridized carbons (Fsp3) is 0.125. The monoisotopic (exact) mass is 445 g/mol. The van der Waals surface area contributed by atoms with Crippen molar-refractivity contribution in [3.63, 3.8) is 0 Å². The van der Waals surface area contributed by atoms with Gasteiger partial charge in [-0.25, -0.2) is 8.42 Å². The number of hydrogen-bond acceptors (Lipinski definition) is 2. The Morgan fingerprint density at radius 2 is 1.82 bits per heavy atom. The maximum absolute atomic E-state index is 13.0. The number of nitrogens with zero attached hydrogens (tertiary/aromatic N) is 1. The predicted octanol–water partition coefficient (Wildman–Crippen LogP) is 4.63. The molecular formula is C16H13ClINO2S. The molecule has 3 rings (SSSR count). The van der Waals surface area contributed by atoms with Crippen molar-refractivity contribution < 1.29 is 8.42 Å². The first-order valence-electron chi connectivity index (χ1n) is 6.63. The molecule has 114 valence electrons. The molecular weight excluding hydrogens is 433 g/mol. The van der Waals surface area contributed by atoms with Crippen molar-refractivity contribution in [3.8, 4) is 0 Å². The first-order chi connectivity index (χ1) is 10.4. The average molecular weight is 446 g/mol. The molecule has 1 heterocycles. The summed E-state index contributed by atoms with van der Waals surface area (Å²) in [7, 11) is -3.59. The number of benzene rings is 2. The third-order valence-corrected chi connectivity index (χ3v) is 6.14. The Bertz CT molecular complexity index is 860. The molecule has 6 heteroatoms. The quantitative estimate of drug-likeness (QED) is 0.632. The summed E-state index contributed by atoms with van der Waals surface area (Å²) in [5, 5.41) is 0.591. The van der Waals surface area contributed by atoms with Crippen LogP contribution >= 0.6 is 34.2 Å². The Morgan fingerprint density at radius 1 is 1.14 bits per heavy atom. The highest BCUT2D eigenvalue weighted by atomic mass is 127. The number of anilines is 1. The van der Waals surface area contributed by atoms with Crippen LogP contribution in [-0.4, -0.2) is 15.0 Å². The van der Waals surface area contributed by atoms with Crippen LogP contribution < -0.4 is 4.31 Å². The first-order valence-corrected chi connectivity index (χ1v) is 9.52. The lowest BCUT2D eigenvalue weighted by Gasteiger charge is -2.29. The van der Waals surface area contributed by atoms with E-state index in [1.165, 1.54) is 4.31 Å². The minimum absolute atomic E-state index is 0.296. The van der Waals surface area contributed by atoms with Crippen molar-refractivity contribution >= 4 is 56.0 Å². The SMILES string of the molecule is Cc1ccc(S(=O)(=O)N2CC(I)=Cc3cc(Cl)ccc32)cc1. The van der Waals surface area contributed by atoms with Gasteiger partial charge in [0.2, 0.25) is 0 Å². The molecule has 0 aliphatic carbocycles. The van der Waals surface area contributed by atoms with Crippen LogP contribution in [0, 0.1) is 6.92 Å². The number of aryl methyl sites for hydroxylation is 1. The van der Waals surface area contributed by atoms with E-state index in [1.54, 1.807) is 42.5 Å². The van der Waals surface area contributed by atoms with Gasteiger partial charge in [-0.2, -0.15) is 0 Å². The highest BCUT2D eigenvalue weighted by Crippen LogP contribution is 2.36. The molecule has 22 heavy (non-hydrogen) atoms. The molecule has 0 N–H and O–H groups in total. The predicted molar refractivity (Wildman–Crippen MR) is 99.2 cm³/mol.